The molecule has 1 heterocycles. The molecule has 1 N–H and O–H groups in total. The fourth-order valence-corrected chi connectivity index (χ4v) is 1.74. The summed E-state index contributed by atoms with van der Waals surface area (Å²) >= 11 is 5.82. The van der Waals surface area contributed by atoms with Gasteiger partial charge >= 0.3 is 0 Å². The molecular formula is C11H11ClFN. The lowest BCUT2D eigenvalue weighted by molar-refractivity contribution is 0.614. The van der Waals surface area contributed by atoms with Crippen LogP contribution < -0.4 is 5.32 Å². The van der Waals surface area contributed by atoms with Crippen LogP contribution in [0.5, 0.6) is 0 Å². The number of nitrogens with one attached hydrogen (secondary N) is 1. The average molecular weight is 212 g/mol. The van der Waals surface area contributed by atoms with Crippen molar-refractivity contribution in [3.05, 3.63) is 40.2 Å². The van der Waals surface area contributed by atoms with Crippen LogP contribution in [0.1, 0.15) is 11.1 Å². The highest BCUT2D eigenvalue weighted by molar-refractivity contribution is 6.31. The van der Waals surface area contributed by atoms with Crippen molar-refractivity contribution in [3.8, 4) is 0 Å². The quantitative estimate of drug-likeness (QED) is 0.753. The van der Waals surface area contributed by atoms with Crippen LogP contribution in [-0.4, -0.2) is 13.1 Å². The lowest BCUT2D eigenvalue weighted by Crippen LogP contribution is -2.08. The van der Waals surface area contributed by atoms with Crippen molar-refractivity contribution in [1.29, 1.82) is 0 Å². The van der Waals surface area contributed by atoms with Gasteiger partial charge in [0.25, 0.3) is 0 Å². The Morgan fingerprint density at radius 2 is 2.21 bits per heavy atom. The third kappa shape index (κ3) is 1.56. The van der Waals surface area contributed by atoms with Crippen LogP contribution in [0.15, 0.2) is 18.2 Å². The van der Waals surface area contributed by atoms with Crippen molar-refractivity contribution >= 4 is 17.2 Å². The monoisotopic (exact) mass is 211 g/mol. The summed E-state index contributed by atoms with van der Waals surface area (Å²) in [5.74, 6) is -0.201. The van der Waals surface area contributed by atoms with E-state index in [-0.39, 0.29) is 5.82 Å². The Labute approximate surface area is 87.6 Å². The van der Waals surface area contributed by atoms with Crippen LogP contribution in [0.2, 0.25) is 5.02 Å². The third-order valence-corrected chi connectivity index (χ3v) is 2.88. The van der Waals surface area contributed by atoms with Gasteiger partial charge in [-0.2, -0.15) is 0 Å². The smallest absolute Gasteiger partial charge is 0.135 e. The van der Waals surface area contributed by atoms with E-state index in [4.69, 9.17) is 11.6 Å². The van der Waals surface area contributed by atoms with Gasteiger partial charge in [-0.1, -0.05) is 23.7 Å². The molecule has 0 bridgehead atoms. The highest BCUT2D eigenvalue weighted by atomic mass is 35.5. The first-order chi connectivity index (χ1) is 6.70. The maximum atomic E-state index is 13.8. The van der Waals surface area contributed by atoms with E-state index in [2.05, 4.69) is 5.32 Å². The molecule has 3 heteroatoms. The van der Waals surface area contributed by atoms with E-state index >= 15 is 0 Å². The van der Waals surface area contributed by atoms with E-state index < -0.39 is 0 Å². The predicted octanol–water partition coefficient (Wildman–Crippen LogP) is 2.77. The second-order valence-corrected chi connectivity index (χ2v) is 3.80. The number of rotatable bonds is 1. The van der Waals surface area contributed by atoms with Crippen LogP contribution in [-0.2, 0) is 0 Å². The Morgan fingerprint density at radius 1 is 1.43 bits per heavy atom. The molecule has 0 aliphatic carbocycles. The zero-order valence-corrected chi connectivity index (χ0v) is 8.66. The van der Waals surface area contributed by atoms with Gasteiger partial charge in [0.15, 0.2) is 0 Å². The van der Waals surface area contributed by atoms with Crippen LogP contribution in [0.4, 0.5) is 4.39 Å². The molecule has 0 radical (unpaired) electrons. The number of benzene rings is 1. The van der Waals surface area contributed by atoms with Crippen LogP contribution in [0.25, 0.3) is 5.57 Å². The maximum Gasteiger partial charge on any atom is 0.135 e. The van der Waals surface area contributed by atoms with E-state index in [1.54, 1.807) is 19.1 Å². The summed E-state index contributed by atoms with van der Waals surface area (Å²) in [6.45, 7) is 3.25. The number of hydrogen-bond acceptors (Lipinski definition) is 1. The maximum absolute atomic E-state index is 13.8. The lowest BCUT2D eigenvalue weighted by Gasteiger charge is -2.07. The molecule has 0 saturated heterocycles. The highest BCUT2D eigenvalue weighted by Gasteiger charge is 2.14. The van der Waals surface area contributed by atoms with Gasteiger partial charge in [-0.3, -0.25) is 0 Å². The molecule has 0 amide bonds. The Morgan fingerprint density at radius 3 is 2.86 bits per heavy atom. The minimum atomic E-state index is -0.201. The standard InChI is InChI=1S/C11H11ClFN/c1-7-10(12)3-2-9(11(7)13)8-4-5-14-6-8/h2-4,14H,5-6H2,1H3. The van der Waals surface area contributed by atoms with Crippen LogP contribution >= 0.6 is 11.6 Å². The minimum absolute atomic E-state index is 0.201. The zero-order chi connectivity index (χ0) is 10.1. The van der Waals surface area contributed by atoms with Crippen molar-refractivity contribution in [2.24, 2.45) is 0 Å². The summed E-state index contributed by atoms with van der Waals surface area (Å²) in [5, 5.41) is 3.62. The minimum Gasteiger partial charge on any atom is -0.309 e. The molecule has 1 aromatic carbocycles. The molecule has 74 valence electrons. The lowest BCUT2D eigenvalue weighted by atomic mass is 10.0. The van der Waals surface area contributed by atoms with E-state index in [1.165, 1.54) is 0 Å². The normalized spacial score (nSPS) is 15.8. The Kier molecular flexibility index (Phi) is 2.57. The van der Waals surface area contributed by atoms with Crippen molar-refractivity contribution < 1.29 is 4.39 Å². The molecule has 14 heavy (non-hydrogen) atoms. The summed E-state index contributed by atoms with van der Waals surface area (Å²) in [4.78, 5) is 0. The molecule has 0 atom stereocenters. The van der Waals surface area contributed by atoms with Gasteiger partial charge in [0.2, 0.25) is 0 Å². The molecule has 1 aliphatic heterocycles. The second kappa shape index (κ2) is 3.71. The first-order valence-electron chi connectivity index (χ1n) is 4.55. The third-order valence-electron chi connectivity index (χ3n) is 2.47. The van der Waals surface area contributed by atoms with Crippen LogP contribution in [0, 0.1) is 12.7 Å². The largest absolute Gasteiger partial charge is 0.309 e. The summed E-state index contributed by atoms with van der Waals surface area (Å²) in [6, 6.07) is 3.48. The van der Waals surface area contributed by atoms with Crippen molar-refractivity contribution in [3.63, 3.8) is 0 Å². The molecule has 0 aromatic heterocycles. The molecule has 0 unspecified atom stereocenters. The summed E-state index contributed by atoms with van der Waals surface area (Å²) < 4.78 is 13.8. The van der Waals surface area contributed by atoms with E-state index in [0.29, 0.717) is 16.1 Å². The van der Waals surface area contributed by atoms with Crippen molar-refractivity contribution in [1.82, 2.24) is 5.32 Å². The highest BCUT2D eigenvalue weighted by Crippen LogP contribution is 2.26. The Bertz CT molecular complexity index is 399. The van der Waals surface area contributed by atoms with E-state index in [1.807, 2.05) is 6.08 Å². The fourth-order valence-electron chi connectivity index (χ4n) is 1.59. The molecule has 1 aromatic rings. The Hall–Kier alpha value is -0.860. The van der Waals surface area contributed by atoms with Gasteiger partial charge in [-0.25, -0.2) is 4.39 Å². The van der Waals surface area contributed by atoms with Gasteiger partial charge in [0, 0.05) is 29.2 Å². The molecule has 0 spiro atoms. The first kappa shape index (κ1) is 9.69. The molecule has 1 aliphatic rings. The summed E-state index contributed by atoms with van der Waals surface area (Å²) in [7, 11) is 0. The summed E-state index contributed by atoms with van der Waals surface area (Å²) in [5.41, 5.74) is 2.20. The van der Waals surface area contributed by atoms with Gasteiger partial charge in [-0.05, 0) is 18.6 Å². The number of halogens is 2. The SMILES string of the molecule is Cc1c(Cl)ccc(C2=CCNC2)c1F. The van der Waals surface area contributed by atoms with E-state index in [0.717, 1.165) is 18.7 Å². The number of hydrogen-bond donors (Lipinski definition) is 1. The van der Waals surface area contributed by atoms with Gasteiger partial charge in [-0.15, -0.1) is 0 Å². The molecule has 0 saturated carbocycles. The van der Waals surface area contributed by atoms with Crippen molar-refractivity contribution in [2.45, 2.75) is 6.92 Å². The van der Waals surface area contributed by atoms with E-state index in [9.17, 15) is 4.39 Å². The average Bonchev–Trinajstić information content (AvgIpc) is 2.67. The van der Waals surface area contributed by atoms with Gasteiger partial charge in [0.05, 0.1) is 0 Å². The Balaban J connectivity index is 2.49. The predicted molar refractivity (Wildman–Crippen MR) is 57.0 cm³/mol. The molecule has 1 nitrogen and oxygen atoms in total. The molecule has 0 fully saturated rings. The van der Waals surface area contributed by atoms with Gasteiger partial charge < -0.3 is 5.32 Å². The molecule has 2 rings (SSSR count). The van der Waals surface area contributed by atoms with Crippen LogP contribution in [0.3, 0.4) is 0 Å². The first-order valence-corrected chi connectivity index (χ1v) is 4.92. The zero-order valence-electron chi connectivity index (χ0n) is 7.90. The van der Waals surface area contributed by atoms with Crippen molar-refractivity contribution in [2.75, 3.05) is 13.1 Å². The molecular weight excluding hydrogens is 201 g/mol. The van der Waals surface area contributed by atoms with Gasteiger partial charge in [0.1, 0.15) is 5.82 Å². The fraction of sp³-hybridized carbons (Fsp3) is 0.273. The topological polar surface area (TPSA) is 12.0 Å². The summed E-state index contributed by atoms with van der Waals surface area (Å²) in [6.07, 6.45) is 2.01. The second-order valence-electron chi connectivity index (χ2n) is 3.39.